The average molecular weight is 388 g/mol. The van der Waals surface area contributed by atoms with Gasteiger partial charge in [-0.05, 0) is 12.1 Å². The second-order valence-electron chi connectivity index (χ2n) is 5.32. The highest BCUT2D eigenvalue weighted by Gasteiger charge is 2.22. The van der Waals surface area contributed by atoms with E-state index >= 15 is 0 Å². The monoisotopic (exact) mass is 387 g/mol. The number of para-hydroxylation sites is 1. The van der Waals surface area contributed by atoms with Crippen LogP contribution in [-0.4, -0.2) is 31.9 Å². The van der Waals surface area contributed by atoms with Crippen molar-refractivity contribution in [1.29, 1.82) is 5.26 Å². The van der Waals surface area contributed by atoms with Crippen LogP contribution in [0.25, 0.3) is 10.2 Å². The molecule has 0 saturated heterocycles. The number of rotatable bonds is 5. The minimum Gasteiger partial charge on any atom is -0.308 e. The Morgan fingerprint density at radius 3 is 3.12 bits per heavy atom. The summed E-state index contributed by atoms with van der Waals surface area (Å²) in [6, 6.07) is 10.1. The molecule has 25 heavy (non-hydrogen) atoms. The third-order valence-electron chi connectivity index (χ3n) is 3.64. The number of carbonyl (C=O) groups is 1. The second-order valence-corrected chi connectivity index (χ2v) is 8.48. The molecule has 0 radical (unpaired) electrons. The highest BCUT2D eigenvalue weighted by molar-refractivity contribution is 7.99. The minimum atomic E-state index is -0.149. The van der Waals surface area contributed by atoms with Crippen molar-refractivity contribution in [3.05, 3.63) is 35.0 Å². The second kappa shape index (κ2) is 7.07. The number of hydrogen-bond acceptors (Lipinski definition) is 7. The van der Waals surface area contributed by atoms with Crippen LogP contribution in [0, 0.1) is 11.3 Å². The standard InChI is InChI=1S/C16H13N5OS3/c17-7-11-15(20-16-21(11)5-6-24-16)19-13(22)8-23-9-14-18-10-3-1-2-4-12(10)25-14/h1-4H,5-6,8-9H2,(H,19,22). The number of aromatic nitrogens is 3. The first-order valence-corrected chi connectivity index (χ1v) is 10.6. The highest BCUT2D eigenvalue weighted by Crippen LogP contribution is 2.30. The van der Waals surface area contributed by atoms with Crippen LogP contribution in [-0.2, 0) is 17.1 Å². The van der Waals surface area contributed by atoms with Gasteiger partial charge in [0.25, 0.3) is 0 Å². The fourth-order valence-corrected chi connectivity index (χ4v) is 5.36. The molecular weight excluding hydrogens is 374 g/mol. The summed E-state index contributed by atoms with van der Waals surface area (Å²) in [6.07, 6.45) is 0. The normalized spacial score (nSPS) is 12.9. The van der Waals surface area contributed by atoms with Gasteiger partial charge in [-0.1, -0.05) is 23.9 Å². The van der Waals surface area contributed by atoms with Crippen LogP contribution < -0.4 is 5.32 Å². The van der Waals surface area contributed by atoms with Crippen molar-refractivity contribution in [3.8, 4) is 6.07 Å². The Bertz CT molecular complexity index is 954. The lowest BCUT2D eigenvalue weighted by atomic mass is 10.3. The third-order valence-corrected chi connectivity index (χ3v) is 6.76. The smallest absolute Gasteiger partial charge is 0.235 e. The Morgan fingerprint density at radius 2 is 2.28 bits per heavy atom. The van der Waals surface area contributed by atoms with E-state index < -0.39 is 0 Å². The fourth-order valence-electron chi connectivity index (χ4n) is 2.56. The van der Waals surface area contributed by atoms with E-state index in [1.54, 1.807) is 23.1 Å². The lowest BCUT2D eigenvalue weighted by Crippen LogP contribution is -2.15. The maximum atomic E-state index is 12.2. The van der Waals surface area contributed by atoms with Gasteiger partial charge in [0.15, 0.2) is 16.7 Å². The third kappa shape index (κ3) is 3.38. The molecule has 2 aromatic heterocycles. The van der Waals surface area contributed by atoms with Crippen molar-refractivity contribution in [2.24, 2.45) is 0 Å². The van der Waals surface area contributed by atoms with E-state index in [0.717, 1.165) is 32.7 Å². The van der Waals surface area contributed by atoms with E-state index in [2.05, 4.69) is 21.4 Å². The van der Waals surface area contributed by atoms with Crippen molar-refractivity contribution in [1.82, 2.24) is 14.5 Å². The predicted molar refractivity (Wildman–Crippen MR) is 102 cm³/mol. The van der Waals surface area contributed by atoms with E-state index in [0.29, 0.717) is 23.0 Å². The van der Waals surface area contributed by atoms with E-state index in [4.69, 9.17) is 0 Å². The molecule has 126 valence electrons. The van der Waals surface area contributed by atoms with Gasteiger partial charge in [0.1, 0.15) is 11.1 Å². The summed E-state index contributed by atoms with van der Waals surface area (Å²) < 4.78 is 3.01. The van der Waals surface area contributed by atoms with Crippen LogP contribution in [0.5, 0.6) is 0 Å². The van der Waals surface area contributed by atoms with Gasteiger partial charge in [-0.3, -0.25) is 4.79 Å². The molecular formula is C16H13N5OS3. The van der Waals surface area contributed by atoms with E-state index in [1.165, 1.54) is 11.8 Å². The number of carbonyl (C=O) groups excluding carboxylic acids is 1. The van der Waals surface area contributed by atoms with Crippen LogP contribution >= 0.6 is 34.9 Å². The number of fused-ring (bicyclic) bond motifs is 2. The van der Waals surface area contributed by atoms with E-state index in [9.17, 15) is 10.1 Å². The van der Waals surface area contributed by atoms with Gasteiger partial charge in [0.05, 0.1) is 16.0 Å². The largest absolute Gasteiger partial charge is 0.308 e. The first-order chi connectivity index (χ1) is 12.2. The zero-order valence-corrected chi connectivity index (χ0v) is 15.5. The molecule has 1 aliphatic rings. The molecule has 4 rings (SSSR count). The summed E-state index contributed by atoms with van der Waals surface area (Å²) in [4.78, 5) is 21.1. The molecule has 3 heterocycles. The van der Waals surface area contributed by atoms with Crippen LogP contribution in [0.2, 0.25) is 0 Å². The SMILES string of the molecule is N#Cc1c(NC(=O)CSCc2nc3ccccc3s2)nc2n1CCS2. The average Bonchev–Trinajstić information content (AvgIpc) is 3.28. The molecule has 0 spiro atoms. The molecule has 6 nitrogen and oxygen atoms in total. The number of thioether (sulfide) groups is 2. The maximum absolute atomic E-state index is 12.2. The summed E-state index contributed by atoms with van der Waals surface area (Å²) in [5.41, 5.74) is 1.43. The molecule has 0 fully saturated rings. The minimum absolute atomic E-state index is 0.149. The van der Waals surface area contributed by atoms with Gasteiger partial charge in [0.2, 0.25) is 5.91 Å². The molecule has 1 N–H and O–H groups in total. The van der Waals surface area contributed by atoms with Gasteiger partial charge >= 0.3 is 0 Å². The zero-order chi connectivity index (χ0) is 17.2. The number of hydrogen-bond donors (Lipinski definition) is 1. The molecule has 1 amide bonds. The summed E-state index contributed by atoms with van der Waals surface area (Å²) >= 11 is 4.76. The zero-order valence-electron chi connectivity index (χ0n) is 13.1. The molecule has 0 bridgehead atoms. The number of nitrogens with one attached hydrogen (secondary N) is 1. The van der Waals surface area contributed by atoms with Crippen molar-refractivity contribution in [2.75, 3.05) is 16.8 Å². The van der Waals surface area contributed by atoms with Crippen molar-refractivity contribution >= 4 is 56.8 Å². The van der Waals surface area contributed by atoms with Gasteiger partial charge in [0, 0.05) is 18.1 Å². The molecule has 0 atom stereocenters. The Kier molecular flexibility index (Phi) is 4.65. The van der Waals surface area contributed by atoms with Crippen LogP contribution in [0.1, 0.15) is 10.7 Å². The highest BCUT2D eigenvalue weighted by atomic mass is 32.2. The number of nitriles is 1. The summed E-state index contributed by atoms with van der Waals surface area (Å²) in [6.45, 7) is 0.762. The summed E-state index contributed by atoms with van der Waals surface area (Å²) in [5.74, 6) is 2.13. The first-order valence-electron chi connectivity index (χ1n) is 7.60. The molecule has 0 unspecified atom stereocenters. The first kappa shape index (κ1) is 16.4. The van der Waals surface area contributed by atoms with Gasteiger partial charge in [-0.2, -0.15) is 5.26 Å². The van der Waals surface area contributed by atoms with Gasteiger partial charge < -0.3 is 9.88 Å². The number of imidazole rings is 1. The summed E-state index contributed by atoms with van der Waals surface area (Å²) in [7, 11) is 0. The van der Waals surface area contributed by atoms with E-state index in [1.807, 2.05) is 28.8 Å². The van der Waals surface area contributed by atoms with Crippen molar-refractivity contribution < 1.29 is 4.79 Å². The topological polar surface area (TPSA) is 83.6 Å². The molecule has 0 saturated carbocycles. The quantitative estimate of drug-likeness (QED) is 0.723. The number of amides is 1. The molecule has 9 heteroatoms. The van der Waals surface area contributed by atoms with Crippen LogP contribution in [0.3, 0.4) is 0 Å². The summed E-state index contributed by atoms with van der Waals surface area (Å²) in [5, 5.41) is 13.9. The number of anilines is 1. The Hall–Kier alpha value is -2.02. The number of thiazole rings is 1. The molecule has 3 aromatic rings. The Balaban J connectivity index is 1.34. The predicted octanol–water partition coefficient (Wildman–Crippen LogP) is 3.34. The number of benzene rings is 1. The van der Waals surface area contributed by atoms with Crippen molar-refractivity contribution in [3.63, 3.8) is 0 Å². The van der Waals surface area contributed by atoms with E-state index in [-0.39, 0.29) is 5.91 Å². The van der Waals surface area contributed by atoms with Crippen molar-refractivity contribution in [2.45, 2.75) is 17.5 Å². The fraction of sp³-hybridized carbons (Fsp3) is 0.250. The van der Waals surface area contributed by atoms with Gasteiger partial charge in [-0.25, -0.2) is 9.97 Å². The molecule has 1 aromatic carbocycles. The van der Waals surface area contributed by atoms with Gasteiger partial charge in [-0.15, -0.1) is 23.1 Å². The Morgan fingerprint density at radius 1 is 1.40 bits per heavy atom. The van der Waals surface area contributed by atoms with Crippen LogP contribution in [0.15, 0.2) is 29.4 Å². The molecule has 1 aliphatic heterocycles. The number of nitrogens with zero attached hydrogens (tertiary/aromatic N) is 4. The lowest BCUT2D eigenvalue weighted by molar-refractivity contribution is -0.113. The Labute approximate surface area is 156 Å². The molecule has 0 aliphatic carbocycles. The maximum Gasteiger partial charge on any atom is 0.235 e. The van der Waals surface area contributed by atoms with Crippen LogP contribution in [0.4, 0.5) is 5.82 Å². The lowest BCUT2D eigenvalue weighted by Gasteiger charge is -2.03.